The molecule has 0 aliphatic rings. The molecule has 0 heterocycles. The second kappa shape index (κ2) is 5.63. The Hall–Kier alpha value is -1.62. The molecular formula is C12H17FNO3+. The van der Waals surface area contributed by atoms with E-state index in [1.807, 2.05) is 0 Å². The number of rotatable bonds is 5. The Balaban J connectivity index is 2.43. The van der Waals surface area contributed by atoms with Crippen LogP contribution < -0.4 is 0 Å². The summed E-state index contributed by atoms with van der Waals surface area (Å²) in [6, 6.07) is 5.79. The fraction of sp³-hybridized carbons (Fsp3) is 0.417. The highest BCUT2D eigenvalue weighted by molar-refractivity contribution is 5.89. The van der Waals surface area contributed by atoms with E-state index in [0.29, 0.717) is 12.1 Å². The number of benzene rings is 1. The molecule has 1 aromatic rings. The molecular weight excluding hydrogens is 225 g/mol. The van der Waals surface area contributed by atoms with Crippen molar-refractivity contribution in [1.82, 2.24) is 0 Å². The first-order valence-corrected chi connectivity index (χ1v) is 5.29. The van der Waals surface area contributed by atoms with E-state index >= 15 is 0 Å². The molecule has 0 aromatic heterocycles. The number of halogens is 1. The number of hydrogen-bond donors (Lipinski definition) is 1. The minimum absolute atomic E-state index is 0.0942. The number of likely N-dealkylation sites (N-methyl/N-ethyl adjacent to an activating group) is 1. The van der Waals surface area contributed by atoms with Crippen LogP contribution in [0, 0.1) is 0 Å². The van der Waals surface area contributed by atoms with Gasteiger partial charge < -0.3 is 9.84 Å². The predicted molar refractivity (Wildman–Crippen MR) is 61.3 cm³/mol. The zero-order chi connectivity index (χ0) is 12.9. The molecule has 0 spiro atoms. The number of hydrogen-bond acceptors (Lipinski definition) is 3. The molecule has 1 N–H and O–H groups in total. The normalized spacial score (nSPS) is 11.2. The van der Waals surface area contributed by atoms with Crippen LogP contribution in [0.1, 0.15) is 10.4 Å². The van der Waals surface area contributed by atoms with Gasteiger partial charge in [-0.3, -0.25) is 4.48 Å². The third-order valence-electron chi connectivity index (χ3n) is 2.36. The lowest BCUT2D eigenvalue weighted by Gasteiger charge is -2.25. The van der Waals surface area contributed by atoms with Crippen LogP contribution in [-0.2, 0) is 4.74 Å². The number of nitrogens with zero attached hydrogens (tertiary/aromatic N) is 1. The molecule has 0 fully saturated rings. The molecule has 5 heteroatoms. The van der Waals surface area contributed by atoms with Crippen LogP contribution in [0.25, 0.3) is 0 Å². The molecule has 0 atom stereocenters. The van der Waals surface area contributed by atoms with E-state index < -0.39 is 12.8 Å². The van der Waals surface area contributed by atoms with Gasteiger partial charge in [-0.25, -0.2) is 4.79 Å². The zero-order valence-corrected chi connectivity index (χ0v) is 10.0. The standard InChI is InChI=1S/C12H16FNO3/c1-14(2,9-13)7-8-17-12(16)10-3-5-11(15)6-4-10/h3-6H,7-9H2,1-2H3/p+1. The lowest BCUT2D eigenvalue weighted by Crippen LogP contribution is -2.41. The van der Waals surface area contributed by atoms with Gasteiger partial charge in [0.2, 0.25) is 6.80 Å². The van der Waals surface area contributed by atoms with E-state index in [-0.39, 0.29) is 16.8 Å². The maximum absolute atomic E-state index is 12.5. The summed E-state index contributed by atoms with van der Waals surface area (Å²) >= 11 is 0. The fourth-order valence-electron chi connectivity index (χ4n) is 1.13. The van der Waals surface area contributed by atoms with Crippen LogP contribution in [0.5, 0.6) is 5.75 Å². The molecule has 1 aromatic carbocycles. The second-order valence-corrected chi connectivity index (χ2v) is 4.46. The molecule has 17 heavy (non-hydrogen) atoms. The average Bonchev–Trinajstić information content (AvgIpc) is 2.29. The van der Waals surface area contributed by atoms with E-state index in [0.717, 1.165) is 0 Å². The first-order chi connectivity index (χ1) is 7.94. The van der Waals surface area contributed by atoms with Crippen molar-refractivity contribution in [2.24, 2.45) is 0 Å². The van der Waals surface area contributed by atoms with Crippen LogP contribution in [0.15, 0.2) is 24.3 Å². The number of alkyl halides is 1. The molecule has 1 rings (SSSR count). The van der Waals surface area contributed by atoms with Crippen molar-refractivity contribution in [2.75, 3.05) is 34.0 Å². The van der Waals surface area contributed by atoms with Crippen LogP contribution >= 0.6 is 0 Å². The Bertz CT molecular complexity index is 376. The summed E-state index contributed by atoms with van der Waals surface area (Å²) in [6.07, 6.45) is 0. The number of phenols is 1. The Morgan fingerprint density at radius 1 is 1.35 bits per heavy atom. The third-order valence-corrected chi connectivity index (χ3v) is 2.36. The molecule has 0 aliphatic heterocycles. The zero-order valence-electron chi connectivity index (χ0n) is 10.0. The van der Waals surface area contributed by atoms with Gasteiger partial charge in [0, 0.05) is 0 Å². The maximum Gasteiger partial charge on any atom is 0.338 e. The molecule has 0 bridgehead atoms. The van der Waals surface area contributed by atoms with E-state index in [1.54, 1.807) is 14.1 Å². The second-order valence-electron chi connectivity index (χ2n) is 4.46. The summed E-state index contributed by atoms with van der Waals surface area (Å²) in [5.41, 5.74) is 0.369. The van der Waals surface area contributed by atoms with Gasteiger partial charge in [-0.2, -0.15) is 4.39 Å². The van der Waals surface area contributed by atoms with E-state index in [1.165, 1.54) is 24.3 Å². The quantitative estimate of drug-likeness (QED) is 0.484. The molecule has 0 saturated heterocycles. The van der Waals surface area contributed by atoms with Crippen molar-refractivity contribution in [3.05, 3.63) is 29.8 Å². The lowest BCUT2D eigenvalue weighted by molar-refractivity contribution is -0.902. The number of quaternary nitrogens is 1. The van der Waals surface area contributed by atoms with Crippen LogP contribution in [0.3, 0.4) is 0 Å². The number of phenolic OH excluding ortho intramolecular Hbond substituents is 1. The topological polar surface area (TPSA) is 46.5 Å². The van der Waals surface area contributed by atoms with Crippen LogP contribution in [0.2, 0.25) is 0 Å². The molecule has 4 nitrogen and oxygen atoms in total. The van der Waals surface area contributed by atoms with Gasteiger partial charge in [-0.1, -0.05) is 0 Å². The van der Waals surface area contributed by atoms with E-state index in [4.69, 9.17) is 9.84 Å². The number of ether oxygens (including phenoxy) is 1. The molecule has 0 amide bonds. The minimum Gasteiger partial charge on any atom is -0.508 e. The highest BCUT2D eigenvalue weighted by atomic mass is 19.1. The summed E-state index contributed by atoms with van der Waals surface area (Å²) in [4.78, 5) is 11.5. The SMILES string of the molecule is C[N+](C)(CF)CCOC(=O)c1ccc(O)cc1. The van der Waals surface area contributed by atoms with E-state index in [9.17, 15) is 9.18 Å². The van der Waals surface area contributed by atoms with Gasteiger partial charge in [0.05, 0.1) is 19.7 Å². The van der Waals surface area contributed by atoms with Gasteiger partial charge in [-0.15, -0.1) is 0 Å². The van der Waals surface area contributed by atoms with Crippen molar-refractivity contribution >= 4 is 5.97 Å². The summed E-state index contributed by atoms with van der Waals surface area (Å²) in [5, 5.41) is 9.06. The number of esters is 1. The Morgan fingerprint density at radius 3 is 2.47 bits per heavy atom. The number of carbonyl (C=O) groups excluding carboxylic acids is 1. The van der Waals surface area contributed by atoms with Gasteiger partial charge in [0.25, 0.3) is 0 Å². The first-order valence-electron chi connectivity index (χ1n) is 5.29. The van der Waals surface area contributed by atoms with Crippen molar-refractivity contribution in [2.45, 2.75) is 0 Å². The summed E-state index contributed by atoms with van der Waals surface area (Å²) in [6.45, 7) is 0.0771. The van der Waals surface area contributed by atoms with Crippen LogP contribution in [-0.4, -0.2) is 49.6 Å². The monoisotopic (exact) mass is 242 g/mol. The first kappa shape index (κ1) is 13.4. The van der Waals surface area contributed by atoms with Gasteiger partial charge >= 0.3 is 5.97 Å². The van der Waals surface area contributed by atoms with Gasteiger partial charge in [-0.05, 0) is 24.3 Å². The Labute approximate surface area is 99.8 Å². The molecule has 0 unspecified atom stereocenters. The van der Waals surface area contributed by atoms with Crippen LogP contribution in [0.4, 0.5) is 4.39 Å². The highest BCUT2D eigenvalue weighted by Crippen LogP contribution is 2.10. The van der Waals surface area contributed by atoms with Crippen molar-refractivity contribution in [3.63, 3.8) is 0 Å². The summed E-state index contributed by atoms with van der Waals surface area (Å²) < 4.78 is 17.6. The van der Waals surface area contributed by atoms with Gasteiger partial charge in [0.1, 0.15) is 18.9 Å². The maximum atomic E-state index is 12.5. The number of aromatic hydroxyl groups is 1. The Morgan fingerprint density at radius 2 is 1.94 bits per heavy atom. The number of carbonyl (C=O) groups is 1. The van der Waals surface area contributed by atoms with E-state index in [2.05, 4.69) is 0 Å². The smallest absolute Gasteiger partial charge is 0.338 e. The van der Waals surface area contributed by atoms with Crippen molar-refractivity contribution < 1.29 is 23.5 Å². The fourth-order valence-corrected chi connectivity index (χ4v) is 1.13. The van der Waals surface area contributed by atoms with Crippen molar-refractivity contribution in [3.8, 4) is 5.75 Å². The third kappa shape index (κ3) is 4.40. The molecule has 0 saturated carbocycles. The largest absolute Gasteiger partial charge is 0.508 e. The minimum atomic E-state index is -0.503. The lowest BCUT2D eigenvalue weighted by atomic mass is 10.2. The molecule has 0 aliphatic carbocycles. The van der Waals surface area contributed by atoms with Crippen molar-refractivity contribution in [1.29, 1.82) is 0 Å². The summed E-state index contributed by atoms with van der Waals surface area (Å²) in [7, 11) is 3.43. The average molecular weight is 242 g/mol. The highest BCUT2D eigenvalue weighted by Gasteiger charge is 2.15. The predicted octanol–water partition coefficient (Wildman–Crippen LogP) is 1.55. The molecule has 0 radical (unpaired) electrons. The molecule has 94 valence electrons. The summed E-state index contributed by atoms with van der Waals surface area (Å²) in [5.74, 6) is -0.374. The Kier molecular flexibility index (Phi) is 4.45. The van der Waals surface area contributed by atoms with Gasteiger partial charge in [0.15, 0.2) is 0 Å².